The Morgan fingerprint density at radius 1 is 0.429 bits per heavy atom. The number of rotatable bonds is 2. The van der Waals surface area contributed by atoms with Crippen LogP contribution in [-0.2, 0) is 62.1 Å². The molecule has 2 aromatic rings. The van der Waals surface area contributed by atoms with Gasteiger partial charge in [0.15, 0.2) is 0 Å². The first kappa shape index (κ1) is 50.7. The molecule has 2 rings (SSSR count). The van der Waals surface area contributed by atoms with Crippen LogP contribution in [0, 0.1) is 39.9 Å². The predicted octanol–water partition coefficient (Wildman–Crippen LogP) is -0.642. The maximum atomic E-state index is 7.50. The van der Waals surface area contributed by atoms with E-state index in [1.54, 1.807) is 0 Å². The van der Waals surface area contributed by atoms with E-state index in [2.05, 4.69) is 88.4 Å². The van der Waals surface area contributed by atoms with Crippen LogP contribution in [0.1, 0.15) is 0 Å². The summed E-state index contributed by atoms with van der Waals surface area (Å²) in [6, 6.07) is 21.0. The molecule has 28 heavy (non-hydrogen) atoms. The number of hydrogen-bond donors (Lipinski definition) is 0. The third kappa shape index (κ3) is 40.1. The monoisotopic (exact) mass is 488 g/mol. The summed E-state index contributed by atoms with van der Waals surface area (Å²) in [5, 5.41) is 2.68. The maximum Gasteiger partial charge on any atom is 1.00 e. The molecule has 0 fully saturated rings. The minimum Gasteiger partial charge on any atom is -0.472 e. The average Bonchev–Trinajstić information content (AvgIpc) is 2.78. The first-order chi connectivity index (χ1) is 12.4. The molecule has 0 saturated heterocycles. The van der Waals surface area contributed by atoms with Gasteiger partial charge in [-0.05, 0) is 0 Å². The van der Waals surface area contributed by atoms with E-state index < -0.39 is 0 Å². The van der Waals surface area contributed by atoms with Crippen molar-refractivity contribution in [2.24, 2.45) is 0 Å². The second-order valence-electron chi connectivity index (χ2n) is 2.78. The second-order valence-corrected chi connectivity index (χ2v) is 4.04. The van der Waals surface area contributed by atoms with Gasteiger partial charge in [0.05, 0.1) is 0 Å². The van der Waals surface area contributed by atoms with Crippen molar-refractivity contribution < 1.29 is 91.6 Å². The van der Waals surface area contributed by atoms with E-state index in [9.17, 15) is 0 Å². The molecule has 0 aliphatic carbocycles. The predicted molar refractivity (Wildman–Crippen MR) is 82.6 cm³/mol. The molecule has 0 unspecified atom stereocenters. The van der Waals surface area contributed by atoms with Gasteiger partial charge in [0, 0.05) is 34.1 Å². The van der Waals surface area contributed by atoms with Gasteiger partial charge in [0.1, 0.15) is 0 Å². The summed E-state index contributed by atoms with van der Waals surface area (Å²) < 4.78 is 45.0. The van der Waals surface area contributed by atoms with Crippen molar-refractivity contribution in [3.8, 4) is 0 Å². The van der Waals surface area contributed by atoms with Gasteiger partial charge in [0.25, 0.3) is 0 Å². The molecule has 140 valence electrons. The van der Waals surface area contributed by atoms with Crippen molar-refractivity contribution in [2.45, 2.75) is 0 Å². The summed E-state index contributed by atoms with van der Waals surface area (Å²) in [7, 11) is 1.28. The molecule has 0 aliphatic rings. The third-order valence-electron chi connectivity index (χ3n) is 1.77. The smallest absolute Gasteiger partial charge is 0.472 e. The van der Waals surface area contributed by atoms with E-state index >= 15 is 0 Å². The largest absolute Gasteiger partial charge is 1.00 e. The van der Waals surface area contributed by atoms with Crippen LogP contribution in [0.3, 0.4) is 0 Å². The van der Waals surface area contributed by atoms with Gasteiger partial charge in [-0.1, -0.05) is 60.7 Å². The third-order valence-corrected chi connectivity index (χ3v) is 2.88. The van der Waals surface area contributed by atoms with Crippen molar-refractivity contribution in [1.82, 2.24) is 0 Å². The molecule has 0 spiro atoms. The molecule has 0 amide bonds. The zero-order valence-corrected chi connectivity index (χ0v) is 19.5. The molecule has 0 bridgehead atoms. The molecular weight excluding hydrogens is 478 g/mol. The van der Waals surface area contributed by atoms with Crippen molar-refractivity contribution in [3.05, 3.63) is 101 Å². The summed E-state index contributed by atoms with van der Waals surface area (Å²) in [6.45, 7) is 27.0. The molecule has 0 aliphatic heterocycles. The molecule has 6 nitrogen and oxygen atoms in total. The first-order valence-corrected chi connectivity index (χ1v) is 6.39. The molecule has 0 atom stereocenters. The Morgan fingerprint density at radius 2 is 0.607 bits per heavy atom. The maximum absolute atomic E-state index is 7.50. The summed E-state index contributed by atoms with van der Waals surface area (Å²) in [4.78, 5) is 0. The van der Waals surface area contributed by atoms with Crippen LogP contribution in [0.2, 0.25) is 0 Å². The van der Waals surface area contributed by atoms with E-state index in [1.165, 1.54) is 19.2 Å². The van der Waals surface area contributed by atoms with Gasteiger partial charge in [-0.15, -0.1) is 0 Å². The Hall–Kier alpha value is -0.651. The topological polar surface area (TPSA) is 119 Å². The van der Waals surface area contributed by atoms with E-state index in [-0.39, 0.29) is 63.7 Å². The zero-order chi connectivity index (χ0) is 20.9. The van der Waals surface area contributed by atoms with Crippen molar-refractivity contribution >= 4 is 19.2 Å². The number of hydrogen-bond acceptors (Lipinski definition) is 0. The van der Waals surface area contributed by atoms with Crippen LogP contribution in [0.5, 0.6) is 0 Å². The molecule has 0 saturated carbocycles. The van der Waals surface area contributed by atoms with Gasteiger partial charge >= 0.3 is 97.4 Å². The average molecular weight is 488 g/mol. The minimum atomic E-state index is 0. The molecule has 0 N–H and O–H groups in total. The van der Waals surface area contributed by atoms with Crippen LogP contribution in [0.25, 0.3) is 0 Å². The quantitative estimate of drug-likeness (QED) is 0.232. The summed E-state index contributed by atoms with van der Waals surface area (Å²) >= 11 is 0. The van der Waals surface area contributed by atoms with E-state index in [4.69, 9.17) is 27.9 Å². The normalized spacial score (nSPS) is 5.00. The van der Waals surface area contributed by atoms with Gasteiger partial charge < -0.3 is 8.58 Å². The summed E-state index contributed by atoms with van der Waals surface area (Å²) in [5.41, 5.74) is 0. The SMILES string of the molecule is [C-]#[O+].[C-]#[O+].[C-]#[O+].[C-]#[O+].[C-]#[O+].[C-]#[O+].[Fe].[Fe].[Na+].c1ccc([P-]c2ccccc2)cc1. The van der Waals surface area contributed by atoms with Crippen LogP contribution in [-0.4, -0.2) is 0 Å². The molecule has 0 aromatic heterocycles. The summed E-state index contributed by atoms with van der Waals surface area (Å²) in [6.07, 6.45) is 0. The Bertz CT molecular complexity index is 530. The first-order valence-electron chi connectivity index (χ1n) is 5.49. The van der Waals surface area contributed by atoms with Gasteiger partial charge in [-0.25, -0.2) is 10.6 Å². The molecule has 0 radical (unpaired) electrons. The van der Waals surface area contributed by atoms with E-state index in [0.29, 0.717) is 0 Å². The fourth-order valence-electron chi connectivity index (χ4n) is 1.15. The fraction of sp³-hybridized carbons (Fsp3) is 0. The van der Waals surface area contributed by atoms with Gasteiger partial charge in [-0.2, -0.15) is 0 Å². The second kappa shape index (κ2) is 63.3. The minimum absolute atomic E-state index is 0. The van der Waals surface area contributed by atoms with Gasteiger partial charge in [0.2, 0.25) is 0 Å². The van der Waals surface area contributed by atoms with E-state index in [0.717, 1.165) is 0 Å². The Kier molecular flexibility index (Phi) is 115. The van der Waals surface area contributed by atoms with Crippen LogP contribution in [0.15, 0.2) is 60.7 Å². The number of benzene rings is 2. The molecule has 10 heteroatoms. The Labute approximate surface area is 210 Å². The standard InChI is InChI=1S/C12H10P.6CO.2Fe.Na/c1-3-7-11(8-4-1)13-12-9-5-2-6-10-12;6*1-2;;;/h1-10H;;;;;;;;;/q-1;;;;;;;;;+1. The fourth-order valence-corrected chi connectivity index (χ4v) is 2.09. The van der Waals surface area contributed by atoms with Crippen LogP contribution in [0.4, 0.5) is 0 Å². The zero-order valence-electron chi connectivity index (χ0n) is 14.4. The molecule has 0 heterocycles. The van der Waals surface area contributed by atoms with Crippen molar-refractivity contribution in [3.63, 3.8) is 0 Å². The Morgan fingerprint density at radius 3 is 0.786 bits per heavy atom. The van der Waals surface area contributed by atoms with Crippen molar-refractivity contribution in [2.75, 3.05) is 0 Å². The van der Waals surface area contributed by atoms with Crippen molar-refractivity contribution in [1.29, 1.82) is 0 Å². The van der Waals surface area contributed by atoms with Crippen LogP contribution >= 0.6 is 8.58 Å². The van der Waals surface area contributed by atoms with E-state index in [1.807, 2.05) is 12.1 Å². The molecule has 2 aromatic carbocycles. The molecular formula is C18H10Fe2NaO6P. The van der Waals surface area contributed by atoms with Gasteiger partial charge in [-0.3, -0.25) is 0 Å². The van der Waals surface area contributed by atoms with Crippen LogP contribution < -0.4 is 40.2 Å². The Balaban J connectivity index is -0.0000000388. The summed E-state index contributed by atoms with van der Waals surface area (Å²) in [5.74, 6) is 0.